The average Bonchev–Trinajstić information content (AvgIpc) is 2.86. The molecule has 4 saturated carbocycles. The molecule has 0 spiro atoms. The number of hydrogen-bond donors (Lipinski definition) is 1. The van der Waals surface area contributed by atoms with Gasteiger partial charge in [-0.3, -0.25) is 9.78 Å². The normalized spacial score (nSPS) is 24.5. The van der Waals surface area contributed by atoms with Crippen LogP contribution >= 0.6 is 0 Å². The van der Waals surface area contributed by atoms with Crippen LogP contribution in [0.4, 0.5) is 0 Å². The first-order chi connectivity index (χ1) is 19.5. The number of aromatic nitrogens is 1. The number of benzene rings is 2. The van der Waals surface area contributed by atoms with Gasteiger partial charge in [0.2, 0.25) is 0 Å². The standard InChI is InChI=1S/C27H28N.C11H20O2.Ir/c1-17-7-18(2)9-23(8-17)26-5-3-22-13-24(4-6-25(22)28-26)27-14-19-10-20(15-27)12-21(11-19)16-27;1-8(2)5-10(12)7-11(13)6-9(3)4;/h3-8,13,19-21H,10-12,14-16H2,1-2H3;7-9,12H,5-6H2,1-4H3;/q-1;;/b;10-7-;. The molecule has 3 aromatic rings. The van der Waals surface area contributed by atoms with E-state index in [-0.39, 0.29) is 31.6 Å². The molecule has 1 heterocycles. The molecule has 0 atom stereocenters. The molecule has 4 bridgehead atoms. The van der Waals surface area contributed by atoms with Gasteiger partial charge in [0.1, 0.15) is 0 Å². The number of nitrogens with zero attached hydrogens (tertiary/aromatic N) is 1. The number of ketones is 1. The molecule has 0 amide bonds. The minimum absolute atomic E-state index is 0. The molecule has 3 nitrogen and oxygen atoms in total. The molecule has 1 radical (unpaired) electrons. The van der Waals surface area contributed by atoms with Crippen molar-refractivity contribution in [2.75, 3.05) is 0 Å². The van der Waals surface area contributed by atoms with Gasteiger partial charge < -0.3 is 5.11 Å². The van der Waals surface area contributed by atoms with Crippen LogP contribution in [0.2, 0.25) is 0 Å². The van der Waals surface area contributed by atoms with E-state index in [2.05, 4.69) is 62.4 Å². The van der Waals surface area contributed by atoms with Gasteiger partial charge in [0, 0.05) is 39.0 Å². The van der Waals surface area contributed by atoms with Crippen LogP contribution in [-0.4, -0.2) is 15.9 Å². The van der Waals surface area contributed by atoms with Crippen molar-refractivity contribution >= 4 is 16.7 Å². The summed E-state index contributed by atoms with van der Waals surface area (Å²) in [4.78, 5) is 16.2. The largest absolute Gasteiger partial charge is 0.512 e. The molecule has 4 aliphatic carbocycles. The van der Waals surface area contributed by atoms with Crippen molar-refractivity contribution in [3.63, 3.8) is 0 Å². The summed E-state index contributed by atoms with van der Waals surface area (Å²) in [6.45, 7) is 12.3. The predicted octanol–water partition coefficient (Wildman–Crippen LogP) is 9.87. The summed E-state index contributed by atoms with van der Waals surface area (Å²) in [5.41, 5.74) is 7.74. The predicted molar refractivity (Wildman–Crippen MR) is 170 cm³/mol. The number of carbonyl (C=O) groups is 1. The number of aliphatic hydroxyl groups is 1. The first-order valence-electron chi connectivity index (χ1n) is 15.8. The van der Waals surface area contributed by atoms with Gasteiger partial charge in [-0.1, -0.05) is 59.7 Å². The number of fused-ring (bicyclic) bond motifs is 1. The third kappa shape index (κ3) is 7.80. The van der Waals surface area contributed by atoms with Gasteiger partial charge >= 0.3 is 0 Å². The van der Waals surface area contributed by atoms with Crippen molar-refractivity contribution in [1.29, 1.82) is 0 Å². The Labute approximate surface area is 267 Å². The number of hydrogen-bond acceptors (Lipinski definition) is 3. The zero-order chi connectivity index (χ0) is 29.3. The molecule has 1 aromatic heterocycles. The Morgan fingerprint density at radius 1 is 0.929 bits per heavy atom. The summed E-state index contributed by atoms with van der Waals surface area (Å²) < 4.78 is 0. The van der Waals surface area contributed by atoms with Crippen LogP contribution < -0.4 is 0 Å². The minimum Gasteiger partial charge on any atom is -0.512 e. The van der Waals surface area contributed by atoms with Crippen molar-refractivity contribution in [1.82, 2.24) is 4.98 Å². The Kier molecular flexibility index (Phi) is 10.5. The van der Waals surface area contributed by atoms with Crippen molar-refractivity contribution in [3.05, 3.63) is 77.1 Å². The summed E-state index contributed by atoms with van der Waals surface area (Å²) in [6, 6.07) is 19.4. The first-order valence-corrected chi connectivity index (χ1v) is 15.8. The molecule has 7 rings (SSSR count). The summed E-state index contributed by atoms with van der Waals surface area (Å²) in [6.07, 6.45) is 11.2. The number of allylic oxidation sites excluding steroid dienone is 2. The Hall–Kier alpha value is -2.29. The first kappa shape index (κ1) is 32.6. The van der Waals surface area contributed by atoms with E-state index in [0.29, 0.717) is 30.1 Å². The van der Waals surface area contributed by atoms with Crippen LogP contribution in [0.15, 0.2) is 54.3 Å². The van der Waals surface area contributed by atoms with E-state index in [1.165, 1.54) is 61.1 Å². The molecule has 2 aromatic carbocycles. The van der Waals surface area contributed by atoms with Crippen molar-refractivity contribution < 1.29 is 30.0 Å². The smallest absolute Gasteiger partial charge is 0.159 e. The number of pyridine rings is 1. The molecule has 0 unspecified atom stereocenters. The van der Waals surface area contributed by atoms with E-state index in [0.717, 1.165) is 34.5 Å². The monoisotopic (exact) mass is 743 g/mol. The second kappa shape index (κ2) is 13.6. The zero-order valence-electron chi connectivity index (χ0n) is 26.3. The quantitative estimate of drug-likeness (QED) is 0.149. The summed E-state index contributed by atoms with van der Waals surface area (Å²) in [7, 11) is 0. The van der Waals surface area contributed by atoms with Crippen LogP contribution in [0, 0.1) is 49.5 Å². The fraction of sp³-hybridized carbons (Fsp3) is 0.526. The summed E-state index contributed by atoms with van der Waals surface area (Å²) in [5.74, 6) is 3.94. The average molecular weight is 743 g/mol. The molecule has 0 aliphatic heterocycles. The maximum Gasteiger partial charge on any atom is 0.159 e. The molecule has 4 fully saturated rings. The fourth-order valence-electron chi connectivity index (χ4n) is 8.23. The number of aryl methyl sites for hydroxylation is 2. The van der Waals surface area contributed by atoms with Crippen molar-refractivity contribution in [2.45, 2.75) is 98.3 Å². The number of rotatable bonds is 7. The Bertz CT molecular complexity index is 1380. The van der Waals surface area contributed by atoms with E-state index >= 15 is 0 Å². The van der Waals surface area contributed by atoms with Gasteiger partial charge in [0.15, 0.2) is 5.78 Å². The second-order valence-corrected chi connectivity index (χ2v) is 14.4. The zero-order valence-corrected chi connectivity index (χ0v) is 28.7. The van der Waals surface area contributed by atoms with E-state index in [9.17, 15) is 9.90 Å². The maximum absolute atomic E-state index is 11.2. The molecule has 0 saturated heterocycles. The van der Waals surface area contributed by atoms with E-state index in [4.69, 9.17) is 4.98 Å². The van der Waals surface area contributed by atoms with Gasteiger partial charge in [-0.25, -0.2) is 0 Å². The Morgan fingerprint density at radius 3 is 2.12 bits per heavy atom. The van der Waals surface area contributed by atoms with Gasteiger partial charge in [-0.15, -0.1) is 34.9 Å². The van der Waals surface area contributed by atoms with Gasteiger partial charge in [0.25, 0.3) is 0 Å². The molecular formula is C38H48IrNO2-. The van der Waals surface area contributed by atoms with E-state index < -0.39 is 0 Å². The van der Waals surface area contributed by atoms with Crippen LogP contribution in [0.1, 0.15) is 95.8 Å². The van der Waals surface area contributed by atoms with Crippen LogP contribution in [0.3, 0.4) is 0 Å². The van der Waals surface area contributed by atoms with Crippen molar-refractivity contribution in [2.24, 2.45) is 29.6 Å². The van der Waals surface area contributed by atoms with Gasteiger partial charge in [-0.2, -0.15) is 0 Å². The number of carbonyl (C=O) groups excluding carboxylic acids is 1. The van der Waals surface area contributed by atoms with E-state index in [1.54, 1.807) is 5.56 Å². The SMILES string of the molecule is CC(C)CC(=O)/C=C(\O)CC(C)C.Cc1[c-]c(-c2ccc3cc(C45CC6CC(CC(C6)C4)C5)ccc3n2)cc(C)c1.[Ir]. The molecular weight excluding hydrogens is 695 g/mol. The second-order valence-electron chi connectivity index (χ2n) is 14.4. The topological polar surface area (TPSA) is 50.2 Å². The third-order valence-electron chi connectivity index (χ3n) is 9.32. The van der Waals surface area contributed by atoms with Gasteiger partial charge in [-0.05, 0) is 102 Å². The summed E-state index contributed by atoms with van der Waals surface area (Å²) >= 11 is 0. The molecule has 4 heteroatoms. The third-order valence-corrected chi connectivity index (χ3v) is 9.32. The Balaban J connectivity index is 0.000000249. The van der Waals surface area contributed by atoms with Crippen molar-refractivity contribution in [3.8, 4) is 11.3 Å². The molecule has 42 heavy (non-hydrogen) atoms. The fourth-order valence-corrected chi connectivity index (χ4v) is 8.23. The molecule has 1 N–H and O–H groups in total. The van der Waals surface area contributed by atoms with Crippen LogP contribution in [-0.2, 0) is 30.3 Å². The van der Waals surface area contributed by atoms with E-state index in [1.807, 2.05) is 27.7 Å². The van der Waals surface area contributed by atoms with Crippen LogP contribution in [0.25, 0.3) is 22.2 Å². The molecule has 227 valence electrons. The minimum atomic E-state index is 0. The van der Waals surface area contributed by atoms with Gasteiger partial charge in [0.05, 0.1) is 11.3 Å². The molecule has 4 aliphatic rings. The Morgan fingerprint density at radius 2 is 1.55 bits per heavy atom. The summed E-state index contributed by atoms with van der Waals surface area (Å²) in [5, 5.41) is 10.6. The maximum atomic E-state index is 11.2. The number of aliphatic hydroxyl groups excluding tert-OH is 1. The van der Waals surface area contributed by atoms with Crippen LogP contribution in [0.5, 0.6) is 0 Å².